The normalized spacial score (nSPS) is 11.4. The molecule has 0 saturated heterocycles. The molecule has 21 heavy (non-hydrogen) atoms. The summed E-state index contributed by atoms with van der Waals surface area (Å²) in [6.45, 7) is 1.79. The third-order valence-electron chi connectivity index (χ3n) is 2.88. The topological polar surface area (TPSA) is 59.1 Å². The highest BCUT2D eigenvalue weighted by Gasteiger charge is 2.15. The highest BCUT2D eigenvalue weighted by Crippen LogP contribution is 2.19. The van der Waals surface area contributed by atoms with E-state index >= 15 is 0 Å². The van der Waals surface area contributed by atoms with Crippen LogP contribution in [0.25, 0.3) is 0 Å². The maximum absolute atomic E-state index is 12.3. The smallest absolute Gasteiger partial charge is 0.263 e. The van der Waals surface area contributed by atoms with Crippen LogP contribution in [-0.4, -0.2) is 19.3 Å². The van der Waals surface area contributed by atoms with Gasteiger partial charge in [-0.15, -0.1) is 11.6 Å². The Morgan fingerprint density at radius 2 is 1.86 bits per heavy atom. The number of aromatic nitrogens is 1. The van der Waals surface area contributed by atoms with Gasteiger partial charge in [0.05, 0.1) is 10.6 Å². The van der Waals surface area contributed by atoms with Crippen LogP contribution < -0.4 is 4.72 Å². The first-order chi connectivity index (χ1) is 9.92. The van der Waals surface area contributed by atoms with Crippen molar-refractivity contribution in [1.29, 1.82) is 0 Å². The molecule has 2 rings (SSSR count). The standard InChI is InChI=1S/C14H14BrClN2O2S/c1-10-13(15)6-7-14(17-10)18-21(19,20)12-4-2-11(3-5-12)8-9-16/h2-7H,8-9H2,1H3,(H,17,18). The van der Waals surface area contributed by atoms with Crippen LogP contribution >= 0.6 is 27.5 Å². The second-order valence-electron chi connectivity index (χ2n) is 4.45. The van der Waals surface area contributed by atoms with Gasteiger partial charge in [-0.3, -0.25) is 4.72 Å². The zero-order valence-electron chi connectivity index (χ0n) is 11.3. The van der Waals surface area contributed by atoms with Crippen molar-refractivity contribution < 1.29 is 8.42 Å². The number of rotatable bonds is 5. The molecule has 0 spiro atoms. The van der Waals surface area contributed by atoms with Gasteiger partial charge >= 0.3 is 0 Å². The molecule has 0 unspecified atom stereocenters. The minimum absolute atomic E-state index is 0.197. The molecule has 0 atom stereocenters. The van der Waals surface area contributed by atoms with Crippen molar-refractivity contribution in [2.75, 3.05) is 10.6 Å². The highest BCUT2D eigenvalue weighted by atomic mass is 79.9. The summed E-state index contributed by atoms with van der Waals surface area (Å²) in [5.41, 5.74) is 1.72. The van der Waals surface area contributed by atoms with Gasteiger partial charge in [0, 0.05) is 10.4 Å². The van der Waals surface area contributed by atoms with Gasteiger partial charge in [0.2, 0.25) is 0 Å². The molecule has 1 aromatic carbocycles. The summed E-state index contributed by atoms with van der Waals surface area (Å²) in [7, 11) is -3.64. The second-order valence-corrected chi connectivity index (χ2v) is 7.37. The van der Waals surface area contributed by atoms with Crippen LogP contribution in [0.1, 0.15) is 11.3 Å². The van der Waals surface area contributed by atoms with Crippen molar-refractivity contribution in [2.24, 2.45) is 0 Å². The Kier molecular flexibility index (Phi) is 5.24. The number of pyridine rings is 1. The highest BCUT2D eigenvalue weighted by molar-refractivity contribution is 9.10. The molecule has 4 nitrogen and oxygen atoms in total. The number of nitrogens with zero attached hydrogens (tertiary/aromatic N) is 1. The van der Waals surface area contributed by atoms with Crippen LogP contribution in [0.4, 0.5) is 5.82 Å². The zero-order valence-corrected chi connectivity index (χ0v) is 14.5. The van der Waals surface area contributed by atoms with Crippen LogP contribution in [0, 0.1) is 6.92 Å². The van der Waals surface area contributed by atoms with Crippen molar-refractivity contribution >= 4 is 43.4 Å². The van der Waals surface area contributed by atoms with Gasteiger partial charge in [0.15, 0.2) is 0 Å². The lowest BCUT2D eigenvalue weighted by molar-refractivity contribution is 0.601. The molecule has 0 aliphatic rings. The lowest BCUT2D eigenvalue weighted by atomic mass is 10.2. The first-order valence-electron chi connectivity index (χ1n) is 6.23. The third kappa shape index (κ3) is 4.18. The minimum Gasteiger partial charge on any atom is -0.263 e. The number of alkyl halides is 1. The summed E-state index contributed by atoms with van der Waals surface area (Å²) in [4.78, 5) is 4.37. The lowest BCUT2D eigenvalue weighted by Crippen LogP contribution is -2.14. The predicted octanol–water partition coefficient (Wildman–Crippen LogP) is 3.73. The second kappa shape index (κ2) is 6.77. The molecule has 2 aromatic rings. The molecule has 1 N–H and O–H groups in total. The molecule has 0 radical (unpaired) electrons. The molecule has 7 heteroatoms. The Labute approximate surface area is 137 Å². The molecular formula is C14H14BrClN2O2S. The van der Waals surface area contributed by atoms with E-state index in [-0.39, 0.29) is 4.90 Å². The van der Waals surface area contributed by atoms with Crippen LogP contribution in [0.15, 0.2) is 45.8 Å². The number of benzene rings is 1. The van der Waals surface area contributed by atoms with E-state index in [2.05, 4.69) is 25.6 Å². The van der Waals surface area contributed by atoms with Crippen molar-refractivity contribution in [3.8, 4) is 0 Å². The summed E-state index contributed by atoms with van der Waals surface area (Å²) in [5.74, 6) is 0.799. The Morgan fingerprint density at radius 3 is 2.43 bits per heavy atom. The number of anilines is 1. The molecule has 0 fully saturated rings. The van der Waals surface area contributed by atoms with E-state index in [1.807, 2.05) is 0 Å². The summed E-state index contributed by atoms with van der Waals surface area (Å²) < 4.78 is 27.9. The van der Waals surface area contributed by atoms with Crippen LogP contribution in [0.5, 0.6) is 0 Å². The SMILES string of the molecule is Cc1nc(NS(=O)(=O)c2ccc(CCCl)cc2)ccc1Br. The van der Waals surface area contributed by atoms with E-state index in [1.165, 1.54) is 0 Å². The third-order valence-corrected chi connectivity index (χ3v) is 5.27. The van der Waals surface area contributed by atoms with E-state index in [9.17, 15) is 8.42 Å². The maximum atomic E-state index is 12.3. The molecular weight excluding hydrogens is 376 g/mol. The van der Waals surface area contributed by atoms with Crippen LogP contribution in [-0.2, 0) is 16.4 Å². The molecule has 1 heterocycles. The van der Waals surface area contributed by atoms with E-state index < -0.39 is 10.0 Å². The molecule has 0 aliphatic carbocycles. The number of aryl methyl sites for hydroxylation is 2. The summed E-state index contributed by atoms with van der Waals surface area (Å²) in [6, 6.07) is 10.0. The molecule has 0 saturated carbocycles. The maximum Gasteiger partial charge on any atom is 0.263 e. The summed E-state index contributed by atoms with van der Waals surface area (Å²) in [5, 5.41) is 0. The van der Waals surface area contributed by atoms with E-state index in [4.69, 9.17) is 11.6 Å². The fraction of sp³-hybridized carbons (Fsp3) is 0.214. The fourth-order valence-electron chi connectivity index (χ4n) is 1.74. The first-order valence-corrected chi connectivity index (χ1v) is 9.04. The Morgan fingerprint density at radius 1 is 1.19 bits per heavy atom. The first kappa shape index (κ1) is 16.3. The van der Waals surface area contributed by atoms with Gasteiger partial charge in [-0.2, -0.15) is 0 Å². The van der Waals surface area contributed by atoms with Crippen LogP contribution in [0.3, 0.4) is 0 Å². The molecule has 0 amide bonds. The monoisotopic (exact) mass is 388 g/mol. The zero-order chi connectivity index (χ0) is 15.5. The number of nitrogens with one attached hydrogen (secondary N) is 1. The molecule has 0 bridgehead atoms. The fourth-order valence-corrected chi connectivity index (χ4v) is 3.18. The number of sulfonamides is 1. The van der Waals surface area contributed by atoms with Crippen molar-refractivity contribution in [1.82, 2.24) is 4.98 Å². The van der Waals surface area contributed by atoms with E-state index in [0.717, 1.165) is 10.0 Å². The van der Waals surface area contributed by atoms with Gasteiger partial charge in [0.1, 0.15) is 5.82 Å². The van der Waals surface area contributed by atoms with Gasteiger partial charge in [-0.25, -0.2) is 13.4 Å². The Balaban J connectivity index is 2.23. The molecule has 112 valence electrons. The van der Waals surface area contributed by atoms with Crippen molar-refractivity contribution in [3.63, 3.8) is 0 Å². The summed E-state index contributed by atoms with van der Waals surface area (Å²) >= 11 is 8.98. The quantitative estimate of drug-likeness (QED) is 0.793. The predicted molar refractivity (Wildman–Crippen MR) is 88.3 cm³/mol. The molecule has 0 aliphatic heterocycles. The number of hydrogen-bond donors (Lipinski definition) is 1. The van der Waals surface area contributed by atoms with Gasteiger partial charge < -0.3 is 0 Å². The minimum atomic E-state index is -3.64. The molecule has 1 aromatic heterocycles. The average Bonchev–Trinajstić information content (AvgIpc) is 2.44. The van der Waals surface area contributed by atoms with Gasteiger partial charge in [0.25, 0.3) is 10.0 Å². The average molecular weight is 390 g/mol. The van der Waals surface area contributed by atoms with E-state index in [0.29, 0.717) is 23.8 Å². The van der Waals surface area contributed by atoms with Crippen molar-refractivity contribution in [3.05, 3.63) is 52.1 Å². The summed E-state index contributed by atoms with van der Waals surface area (Å²) in [6.07, 6.45) is 0.711. The Hall–Kier alpha value is -1.11. The van der Waals surface area contributed by atoms with E-state index in [1.54, 1.807) is 43.3 Å². The Bertz CT molecular complexity index is 733. The lowest BCUT2D eigenvalue weighted by Gasteiger charge is -2.09. The van der Waals surface area contributed by atoms with Crippen LogP contribution in [0.2, 0.25) is 0 Å². The number of halogens is 2. The van der Waals surface area contributed by atoms with Gasteiger partial charge in [-0.05, 0) is 59.1 Å². The largest absolute Gasteiger partial charge is 0.263 e. The number of hydrogen-bond acceptors (Lipinski definition) is 3. The van der Waals surface area contributed by atoms with Crippen molar-refractivity contribution in [2.45, 2.75) is 18.2 Å². The van der Waals surface area contributed by atoms with Gasteiger partial charge in [-0.1, -0.05) is 12.1 Å².